The third-order valence-corrected chi connectivity index (χ3v) is 6.35. The number of fused-ring (bicyclic) bond motifs is 1. The maximum absolute atomic E-state index is 13.3. The lowest BCUT2D eigenvalue weighted by Crippen LogP contribution is -2.61. The molecule has 1 N–H and O–H groups in total. The number of hydrogen-bond acceptors (Lipinski definition) is 5. The largest absolute Gasteiger partial charge is 0.383 e. The Morgan fingerprint density at radius 3 is 2.66 bits per heavy atom. The standard InChI is InChI=1S/C22H25N5O2/c28-21(18-15-23-20-9-6-11-24-27(18)20)26-14-10-22(29,17-7-2-1-3-8-17)19(16-26)25-12-4-5-13-25/h1-3,6-9,11,15,19,29H,4-5,10,12-14,16H2/t19-,22+/m1/s1. The minimum absolute atomic E-state index is 0.0875. The summed E-state index contributed by atoms with van der Waals surface area (Å²) in [5.41, 5.74) is 1.09. The molecule has 150 valence electrons. The van der Waals surface area contributed by atoms with Crippen molar-refractivity contribution in [3.8, 4) is 0 Å². The highest BCUT2D eigenvalue weighted by Crippen LogP contribution is 2.37. The molecule has 2 saturated heterocycles. The van der Waals surface area contributed by atoms with Crippen LogP contribution in [0.1, 0.15) is 35.3 Å². The number of rotatable bonds is 3. The zero-order valence-corrected chi connectivity index (χ0v) is 16.3. The molecule has 1 aromatic carbocycles. The number of benzene rings is 1. The number of carbonyl (C=O) groups excluding carboxylic acids is 1. The summed E-state index contributed by atoms with van der Waals surface area (Å²) >= 11 is 0. The molecule has 4 heterocycles. The molecule has 29 heavy (non-hydrogen) atoms. The smallest absolute Gasteiger partial charge is 0.274 e. The molecule has 0 radical (unpaired) electrons. The van der Waals surface area contributed by atoms with Gasteiger partial charge < -0.3 is 10.0 Å². The quantitative estimate of drug-likeness (QED) is 0.739. The van der Waals surface area contributed by atoms with Gasteiger partial charge >= 0.3 is 0 Å². The predicted octanol–water partition coefficient (Wildman–Crippen LogP) is 1.93. The Hall–Kier alpha value is -2.77. The van der Waals surface area contributed by atoms with E-state index in [-0.39, 0.29) is 11.9 Å². The average Bonchev–Trinajstić information content (AvgIpc) is 3.44. The average molecular weight is 391 g/mol. The molecular formula is C22H25N5O2. The molecule has 2 aromatic heterocycles. The van der Waals surface area contributed by atoms with Crippen LogP contribution in [-0.4, -0.2) is 67.6 Å². The van der Waals surface area contributed by atoms with Crippen LogP contribution in [0.3, 0.4) is 0 Å². The molecule has 0 unspecified atom stereocenters. The second kappa shape index (κ2) is 7.24. The molecule has 5 rings (SSSR count). The Morgan fingerprint density at radius 2 is 1.86 bits per heavy atom. The van der Waals surface area contributed by atoms with Gasteiger partial charge in [0.15, 0.2) is 11.3 Å². The molecule has 0 bridgehead atoms. The SMILES string of the molecule is O=C(c1cnc2cccnn12)N1CC[C@](O)(c2ccccc2)[C@H](N2CCCC2)C1. The molecule has 0 aliphatic carbocycles. The maximum Gasteiger partial charge on any atom is 0.274 e. The van der Waals surface area contributed by atoms with Crippen LogP contribution in [-0.2, 0) is 5.60 Å². The van der Waals surface area contributed by atoms with Crippen LogP contribution in [0.4, 0.5) is 0 Å². The first-order chi connectivity index (χ1) is 14.2. The molecule has 3 aromatic rings. The van der Waals surface area contributed by atoms with E-state index in [2.05, 4.69) is 15.0 Å². The monoisotopic (exact) mass is 391 g/mol. The number of aromatic nitrogens is 3. The topological polar surface area (TPSA) is 74.0 Å². The van der Waals surface area contributed by atoms with Gasteiger partial charge in [0.2, 0.25) is 0 Å². The van der Waals surface area contributed by atoms with Crippen molar-refractivity contribution in [1.29, 1.82) is 0 Å². The van der Waals surface area contributed by atoms with Crippen molar-refractivity contribution in [2.45, 2.75) is 30.9 Å². The van der Waals surface area contributed by atoms with Crippen molar-refractivity contribution >= 4 is 11.6 Å². The summed E-state index contributed by atoms with van der Waals surface area (Å²) in [5.74, 6) is -0.0875. The van der Waals surface area contributed by atoms with Crippen LogP contribution >= 0.6 is 0 Å². The van der Waals surface area contributed by atoms with Gasteiger partial charge in [-0.05, 0) is 50.0 Å². The summed E-state index contributed by atoms with van der Waals surface area (Å²) in [6.45, 7) is 2.90. The summed E-state index contributed by atoms with van der Waals surface area (Å²) < 4.78 is 1.59. The highest BCUT2D eigenvalue weighted by molar-refractivity contribution is 5.93. The molecule has 2 aliphatic heterocycles. The van der Waals surface area contributed by atoms with E-state index in [1.54, 1.807) is 23.0 Å². The molecule has 1 amide bonds. The first-order valence-corrected chi connectivity index (χ1v) is 10.3. The number of imidazole rings is 1. The minimum atomic E-state index is -0.958. The van der Waals surface area contributed by atoms with Crippen molar-refractivity contribution in [1.82, 2.24) is 24.4 Å². The van der Waals surface area contributed by atoms with Gasteiger partial charge in [-0.3, -0.25) is 9.69 Å². The number of nitrogens with zero attached hydrogens (tertiary/aromatic N) is 5. The van der Waals surface area contributed by atoms with Gasteiger partial charge in [-0.1, -0.05) is 30.3 Å². The summed E-state index contributed by atoms with van der Waals surface area (Å²) in [4.78, 5) is 21.8. The van der Waals surface area contributed by atoms with E-state index in [9.17, 15) is 9.90 Å². The number of aliphatic hydroxyl groups is 1. The van der Waals surface area contributed by atoms with E-state index < -0.39 is 5.60 Å². The Kier molecular flexibility index (Phi) is 4.56. The number of piperidine rings is 1. The fourth-order valence-electron chi connectivity index (χ4n) is 4.78. The zero-order chi connectivity index (χ0) is 19.8. The van der Waals surface area contributed by atoms with Crippen molar-refractivity contribution in [2.24, 2.45) is 0 Å². The number of hydrogen-bond donors (Lipinski definition) is 1. The normalized spacial score (nSPS) is 25.6. The van der Waals surface area contributed by atoms with E-state index >= 15 is 0 Å². The summed E-state index contributed by atoms with van der Waals surface area (Å²) in [6.07, 6.45) is 6.02. The van der Waals surface area contributed by atoms with Gasteiger partial charge in [-0.2, -0.15) is 5.10 Å². The van der Waals surface area contributed by atoms with E-state index in [0.717, 1.165) is 31.5 Å². The number of likely N-dealkylation sites (tertiary alicyclic amines) is 2. The van der Waals surface area contributed by atoms with Crippen molar-refractivity contribution in [3.05, 3.63) is 66.1 Å². The van der Waals surface area contributed by atoms with Crippen molar-refractivity contribution in [3.63, 3.8) is 0 Å². The Labute approximate surface area is 169 Å². The van der Waals surface area contributed by atoms with Gasteiger partial charge in [0.25, 0.3) is 5.91 Å². The summed E-state index contributed by atoms with van der Waals surface area (Å²) in [5, 5.41) is 16.0. The van der Waals surface area contributed by atoms with Crippen LogP contribution in [0.15, 0.2) is 54.9 Å². The summed E-state index contributed by atoms with van der Waals surface area (Å²) in [7, 11) is 0. The van der Waals surface area contributed by atoms with Crippen LogP contribution in [0.2, 0.25) is 0 Å². The maximum atomic E-state index is 13.3. The molecular weight excluding hydrogens is 366 g/mol. The third-order valence-electron chi connectivity index (χ3n) is 6.35. The van der Waals surface area contributed by atoms with Gasteiger partial charge in [0, 0.05) is 19.3 Å². The van der Waals surface area contributed by atoms with Gasteiger partial charge in [0.05, 0.1) is 12.2 Å². The Morgan fingerprint density at radius 1 is 1.07 bits per heavy atom. The van der Waals surface area contributed by atoms with Crippen molar-refractivity contribution in [2.75, 3.05) is 26.2 Å². The molecule has 0 saturated carbocycles. The van der Waals surface area contributed by atoms with Gasteiger partial charge in [-0.15, -0.1) is 0 Å². The van der Waals surface area contributed by atoms with E-state index in [1.165, 1.54) is 0 Å². The molecule has 7 nitrogen and oxygen atoms in total. The van der Waals surface area contributed by atoms with Crippen LogP contribution in [0, 0.1) is 0 Å². The van der Waals surface area contributed by atoms with Crippen molar-refractivity contribution < 1.29 is 9.90 Å². The second-order valence-corrected chi connectivity index (χ2v) is 7.99. The molecule has 2 fully saturated rings. The third kappa shape index (κ3) is 3.10. The van der Waals surface area contributed by atoms with Gasteiger partial charge in [-0.25, -0.2) is 9.50 Å². The van der Waals surface area contributed by atoms with Crippen LogP contribution in [0.25, 0.3) is 5.65 Å². The van der Waals surface area contributed by atoms with E-state index in [0.29, 0.717) is 30.9 Å². The van der Waals surface area contributed by atoms with Crippen LogP contribution < -0.4 is 0 Å². The predicted molar refractivity (Wildman–Crippen MR) is 108 cm³/mol. The second-order valence-electron chi connectivity index (χ2n) is 7.99. The lowest BCUT2D eigenvalue weighted by molar-refractivity contribution is -0.0878. The van der Waals surface area contributed by atoms with E-state index in [1.807, 2.05) is 41.3 Å². The van der Waals surface area contributed by atoms with E-state index in [4.69, 9.17) is 0 Å². The highest BCUT2D eigenvalue weighted by Gasteiger charge is 2.47. The lowest BCUT2D eigenvalue weighted by Gasteiger charge is -2.48. The first kappa shape index (κ1) is 18.3. The molecule has 2 atom stereocenters. The zero-order valence-electron chi connectivity index (χ0n) is 16.3. The molecule has 0 spiro atoms. The minimum Gasteiger partial charge on any atom is -0.383 e. The van der Waals surface area contributed by atoms with Gasteiger partial charge in [0.1, 0.15) is 5.60 Å². The lowest BCUT2D eigenvalue weighted by atomic mass is 9.79. The Bertz CT molecular complexity index is 1010. The molecule has 2 aliphatic rings. The molecule has 7 heteroatoms. The summed E-state index contributed by atoms with van der Waals surface area (Å²) in [6, 6.07) is 13.4. The Balaban J connectivity index is 1.46. The fraction of sp³-hybridized carbons (Fsp3) is 0.409. The highest BCUT2D eigenvalue weighted by atomic mass is 16.3. The first-order valence-electron chi connectivity index (χ1n) is 10.3. The van der Waals surface area contributed by atoms with Crippen LogP contribution in [0.5, 0.6) is 0 Å². The number of carbonyl (C=O) groups is 1. The fourth-order valence-corrected chi connectivity index (χ4v) is 4.78. The number of amides is 1.